The molecule has 0 aliphatic carbocycles. The van der Waals surface area contributed by atoms with Gasteiger partial charge in [0, 0.05) is 5.56 Å². The molecule has 2 rings (SSSR count). The number of carboxylic acids is 1. The van der Waals surface area contributed by atoms with Gasteiger partial charge in [0.1, 0.15) is 0 Å². The Balaban J connectivity index is 2.12. The van der Waals surface area contributed by atoms with Gasteiger partial charge < -0.3 is 14.6 Å². The molecule has 0 saturated carbocycles. The molecule has 0 amide bonds. The van der Waals surface area contributed by atoms with Crippen LogP contribution in [0.2, 0.25) is 0 Å². The average Bonchev–Trinajstić information content (AvgIpc) is 2.38. The molecule has 1 fully saturated rings. The third-order valence-corrected chi connectivity index (χ3v) is 3.15. The first-order chi connectivity index (χ1) is 8.60. The second-order valence-corrected chi connectivity index (χ2v) is 4.61. The quantitative estimate of drug-likeness (QED) is 0.896. The highest BCUT2D eigenvalue weighted by atomic mass is 16.7. The summed E-state index contributed by atoms with van der Waals surface area (Å²) in [5.74, 6) is -0.924. The molecular formula is C14H18O4. The summed E-state index contributed by atoms with van der Waals surface area (Å²) >= 11 is 0. The van der Waals surface area contributed by atoms with Gasteiger partial charge in [-0.05, 0) is 31.9 Å². The molecule has 0 aromatic heterocycles. The van der Waals surface area contributed by atoms with Gasteiger partial charge in [-0.3, -0.25) is 0 Å². The molecule has 0 bridgehead atoms. The van der Waals surface area contributed by atoms with E-state index in [0.717, 1.165) is 18.4 Å². The predicted octanol–water partition coefficient (Wildman–Crippen LogP) is 2.99. The van der Waals surface area contributed by atoms with Crippen LogP contribution in [0.15, 0.2) is 24.3 Å². The number of rotatable bonds is 3. The average molecular weight is 250 g/mol. The fourth-order valence-electron chi connectivity index (χ4n) is 2.10. The molecule has 3 atom stereocenters. The van der Waals surface area contributed by atoms with Crippen molar-refractivity contribution >= 4 is 5.97 Å². The molecule has 1 heterocycles. The van der Waals surface area contributed by atoms with E-state index < -0.39 is 5.97 Å². The lowest BCUT2D eigenvalue weighted by Crippen LogP contribution is -2.31. The summed E-state index contributed by atoms with van der Waals surface area (Å²) in [4.78, 5) is 10.8. The van der Waals surface area contributed by atoms with Crippen LogP contribution in [0.1, 0.15) is 48.9 Å². The van der Waals surface area contributed by atoms with E-state index >= 15 is 0 Å². The number of aromatic carboxylic acids is 1. The molecule has 1 aromatic carbocycles. The van der Waals surface area contributed by atoms with Crippen molar-refractivity contribution < 1.29 is 19.4 Å². The Bertz CT molecular complexity index is 412. The molecule has 1 N–H and O–H groups in total. The van der Waals surface area contributed by atoms with Crippen LogP contribution < -0.4 is 0 Å². The van der Waals surface area contributed by atoms with E-state index in [1.54, 1.807) is 24.3 Å². The Hall–Kier alpha value is -1.39. The highest BCUT2D eigenvalue weighted by Gasteiger charge is 2.27. The number of carboxylic acid groups (broad SMARTS) is 1. The monoisotopic (exact) mass is 250 g/mol. The molecule has 4 heteroatoms. The summed E-state index contributed by atoms with van der Waals surface area (Å²) in [6, 6.07) is 6.65. The zero-order valence-electron chi connectivity index (χ0n) is 10.6. The third kappa shape index (κ3) is 2.89. The lowest BCUT2D eigenvalue weighted by Gasteiger charge is -2.34. The second kappa shape index (κ2) is 5.50. The van der Waals surface area contributed by atoms with Crippen molar-refractivity contribution in [2.75, 3.05) is 0 Å². The maximum absolute atomic E-state index is 10.8. The van der Waals surface area contributed by atoms with Crippen molar-refractivity contribution in [3.63, 3.8) is 0 Å². The van der Waals surface area contributed by atoms with Gasteiger partial charge in [-0.2, -0.15) is 0 Å². The first-order valence-corrected chi connectivity index (χ1v) is 6.24. The number of hydrogen-bond donors (Lipinski definition) is 1. The first-order valence-electron chi connectivity index (χ1n) is 6.24. The maximum Gasteiger partial charge on any atom is 0.335 e. The molecule has 4 nitrogen and oxygen atoms in total. The zero-order valence-corrected chi connectivity index (χ0v) is 10.6. The van der Waals surface area contributed by atoms with E-state index in [4.69, 9.17) is 14.6 Å². The fraction of sp³-hybridized carbons (Fsp3) is 0.500. The standard InChI is InChI=1S/C14H18O4/c1-3-12-8-9(2)17-14(18-12)11-6-4-10(5-7-11)13(15)16/h4-7,9,12,14H,3,8H2,1-2H3,(H,15,16). The van der Waals surface area contributed by atoms with Crippen molar-refractivity contribution in [2.24, 2.45) is 0 Å². The molecule has 1 aliphatic heterocycles. The van der Waals surface area contributed by atoms with Crippen molar-refractivity contribution in [1.29, 1.82) is 0 Å². The Kier molecular flexibility index (Phi) is 3.99. The van der Waals surface area contributed by atoms with Crippen LogP contribution in [0.4, 0.5) is 0 Å². The van der Waals surface area contributed by atoms with Crippen molar-refractivity contribution in [1.82, 2.24) is 0 Å². The van der Waals surface area contributed by atoms with Crippen molar-refractivity contribution in [3.8, 4) is 0 Å². The summed E-state index contributed by atoms with van der Waals surface area (Å²) in [5.41, 5.74) is 1.14. The Morgan fingerprint density at radius 2 is 2.00 bits per heavy atom. The molecular weight excluding hydrogens is 232 g/mol. The van der Waals surface area contributed by atoms with Gasteiger partial charge in [0.2, 0.25) is 0 Å². The van der Waals surface area contributed by atoms with Gasteiger partial charge in [-0.15, -0.1) is 0 Å². The van der Waals surface area contributed by atoms with Gasteiger partial charge in [-0.1, -0.05) is 19.1 Å². The maximum atomic E-state index is 10.8. The van der Waals surface area contributed by atoms with Crippen molar-refractivity contribution in [3.05, 3.63) is 35.4 Å². The first kappa shape index (κ1) is 13.1. The molecule has 18 heavy (non-hydrogen) atoms. The molecule has 0 radical (unpaired) electrons. The molecule has 0 spiro atoms. The van der Waals surface area contributed by atoms with Crippen LogP contribution in [0.25, 0.3) is 0 Å². The van der Waals surface area contributed by atoms with Crippen molar-refractivity contribution in [2.45, 2.75) is 45.2 Å². The second-order valence-electron chi connectivity index (χ2n) is 4.61. The topological polar surface area (TPSA) is 55.8 Å². The summed E-state index contributed by atoms with van der Waals surface area (Å²) in [6.07, 6.45) is 1.84. The van der Waals surface area contributed by atoms with E-state index in [9.17, 15) is 4.79 Å². The minimum Gasteiger partial charge on any atom is -0.478 e. The van der Waals surface area contributed by atoms with E-state index in [1.807, 2.05) is 6.92 Å². The smallest absolute Gasteiger partial charge is 0.335 e. The van der Waals surface area contributed by atoms with E-state index in [0.29, 0.717) is 0 Å². The van der Waals surface area contributed by atoms with Gasteiger partial charge in [0.25, 0.3) is 0 Å². The normalized spacial score (nSPS) is 28.0. The minimum absolute atomic E-state index is 0.160. The summed E-state index contributed by atoms with van der Waals surface area (Å²) < 4.78 is 11.6. The largest absolute Gasteiger partial charge is 0.478 e. The van der Waals surface area contributed by atoms with E-state index in [2.05, 4.69) is 6.92 Å². The lowest BCUT2D eigenvalue weighted by atomic mass is 10.1. The summed E-state index contributed by atoms with van der Waals surface area (Å²) in [6.45, 7) is 4.12. The van der Waals surface area contributed by atoms with Crippen LogP contribution in [0.3, 0.4) is 0 Å². The van der Waals surface area contributed by atoms with Crippen LogP contribution in [0, 0.1) is 0 Å². The molecule has 1 aliphatic rings. The SMILES string of the molecule is CCC1CC(C)OC(c2ccc(C(=O)O)cc2)O1. The zero-order chi connectivity index (χ0) is 13.1. The number of ether oxygens (including phenoxy) is 2. The fourth-order valence-corrected chi connectivity index (χ4v) is 2.10. The lowest BCUT2D eigenvalue weighted by molar-refractivity contribution is -0.243. The number of hydrogen-bond acceptors (Lipinski definition) is 3. The van der Waals surface area contributed by atoms with Crippen LogP contribution in [-0.2, 0) is 9.47 Å². The Morgan fingerprint density at radius 1 is 1.33 bits per heavy atom. The highest BCUT2D eigenvalue weighted by Crippen LogP contribution is 2.30. The molecule has 1 saturated heterocycles. The van der Waals surface area contributed by atoms with E-state index in [1.165, 1.54) is 0 Å². The van der Waals surface area contributed by atoms with E-state index in [-0.39, 0.29) is 24.1 Å². The molecule has 98 valence electrons. The molecule has 3 unspecified atom stereocenters. The predicted molar refractivity (Wildman–Crippen MR) is 66.5 cm³/mol. The third-order valence-electron chi connectivity index (χ3n) is 3.15. The van der Waals surface area contributed by atoms with Gasteiger partial charge in [0.15, 0.2) is 6.29 Å². The van der Waals surface area contributed by atoms with Gasteiger partial charge in [0.05, 0.1) is 17.8 Å². The number of benzene rings is 1. The van der Waals surface area contributed by atoms with Gasteiger partial charge >= 0.3 is 5.97 Å². The summed E-state index contributed by atoms with van der Waals surface area (Å²) in [7, 11) is 0. The molecule has 1 aromatic rings. The van der Waals surface area contributed by atoms with Gasteiger partial charge in [-0.25, -0.2) is 4.79 Å². The van der Waals surface area contributed by atoms with Crippen LogP contribution >= 0.6 is 0 Å². The minimum atomic E-state index is -0.924. The highest BCUT2D eigenvalue weighted by molar-refractivity contribution is 5.87. The number of carbonyl (C=O) groups is 1. The van der Waals surface area contributed by atoms with Crippen LogP contribution in [0.5, 0.6) is 0 Å². The van der Waals surface area contributed by atoms with Crippen LogP contribution in [-0.4, -0.2) is 23.3 Å². The Labute approximate surface area is 107 Å². The Morgan fingerprint density at radius 3 is 2.56 bits per heavy atom. The summed E-state index contributed by atoms with van der Waals surface area (Å²) in [5, 5.41) is 8.85.